The monoisotopic (exact) mass is 300 g/mol. The molecule has 0 saturated carbocycles. The summed E-state index contributed by atoms with van der Waals surface area (Å²) in [5.41, 5.74) is 5.88. The van der Waals surface area contributed by atoms with Gasteiger partial charge < -0.3 is 10.3 Å². The molecule has 4 aromatic rings. The van der Waals surface area contributed by atoms with Crippen molar-refractivity contribution in [3.63, 3.8) is 0 Å². The number of imidazole rings is 1. The SMILES string of the molecule is Cc1ccc(-c2ccc3[nH]c(Nc4ccccc4)nc3n2)cc1. The molecule has 0 bridgehead atoms. The van der Waals surface area contributed by atoms with E-state index in [1.807, 2.05) is 42.5 Å². The maximum absolute atomic E-state index is 4.66. The molecule has 0 spiro atoms. The highest BCUT2D eigenvalue weighted by molar-refractivity contribution is 5.78. The molecule has 4 rings (SSSR count). The number of benzene rings is 2. The molecule has 0 aliphatic rings. The van der Waals surface area contributed by atoms with Crippen LogP contribution in [0.3, 0.4) is 0 Å². The normalized spacial score (nSPS) is 10.8. The number of nitrogens with zero attached hydrogens (tertiary/aromatic N) is 2. The molecule has 0 aliphatic carbocycles. The van der Waals surface area contributed by atoms with E-state index in [4.69, 9.17) is 0 Å². The van der Waals surface area contributed by atoms with Crippen molar-refractivity contribution in [2.45, 2.75) is 6.92 Å². The summed E-state index contributed by atoms with van der Waals surface area (Å²) in [6, 6.07) is 22.3. The number of hydrogen-bond donors (Lipinski definition) is 2. The van der Waals surface area contributed by atoms with Gasteiger partial charge in [0.2, 0.25) is 5.95 Å². The van der Waals surface area contributed by atoms with Crippen LogP contribution < -0.4 is 5.32 Å². The lowest BCUT2D eigenvalue weighted by molar-refractivity contribution is 1.28. The fourth-order valence-corrected chi connectivity index (χ4v) is 2.50. The molecule has 2 heterocycles. The molecule has 0 radical (unpaired) electrons. The Bertz CT molecular complexity index is 940. The summed E-state index contributed by atoms with van der Waals surface area (Å²) in [5.74, 6) is 0.694. The Morgan fingerprint density at radius 1 is 0.826 bits per heavy atom. The second-order valence-electron chi connectivity index (χ2n) is 5.51. The van der Waals surface area contributed by atoms with Crippen LogP contribution in [0, 0.1) is 6.92 Å². The average molecular weight is 300 g/mol. The molecule has 0 saturated heterocycles. The number of aromatic amines is 1. The molecule has 0 amide bonds. The highest BCUT2D eigenvalue weighted by Gasteiger charge is 2.06. The summed E-state index contributed by atoms with van der Waals surface area (Å²) in [7, 11) is 0. The molecular formula is C19H16N4. The predicted octanol–water partition coefficient (Wildman–Crippen LogP) is 4.68. The van der Waals surface area contributed by atoms with Crippen molar-refractivity contribution in [2.75, 3.05) is 5.32 Å². The third kappa shape index (κ3) is 2.79. The Labute approximate surface area is 134 Å². The maximum Gasteiger partial charge on any atom is 0.207 e. The van der Waals surface area contributed by atoms with Crippen LogP contribution in [0.25, 0.3) is 22.4 Å². The zero-order chi connectivity index (χ0) is 15.6. The first-order valence-corrected chi connectivity index (χ1v) is 7.54. The Morgan fingerprint density at radius 2 is 1.61 bits per heavy atom. The second-order valence-corrected chi connectivity index (χ2v) is 5.51. The van der Waals surface area contributed by atoms with Crippen LogP contribution >= 0.6 is 0 Å². The molecule has 2 aromatic carbocycles. The number of aromatic nitrogens is 3. The molecule has 0 aliphatic heterocycles. The number of H-pyrrole nitrogens is 1. The van der Waals surface area contributed by atoms with Crippen molar-refractivity contribution in [2.24, 2.45) is 0 Å². The van der Waals surface area contributed by atoms with Crippen molar-refractivity contribution in [3.05, 3.63) is 72.3 Å². The van der Waals surface area contributed by atoms with Gasteiger partial charge in [-0.05, 0) is 31.2 Å². The highest BCUT2D eigenvalue weighted by Crippen LogP contribution is 2.22. The third-order valence-electron chi connectivity index (χ3n) is 3.73. The van der Waals surface area contributed by atoms with Crippen LogP contribution in [0.5, 0.6) is 0 Å². The molecule has 0 fully saturated rings. The first-order chi connectivity index (χ1) is 11.3. The van der Waals surface area contributed by atoms with Crippen molar-refractivity contribution in [1.29, 1.82) is 0 Å². The molecule has 2 aromatic heterocycles. The zero-order valence-electron chi connectivity index (χ0n) is 12.7. The van der Waals surface area contributed by atoms with Gasteiger partial charge in [0.05, 0.1) is 11.2 Å². The van der Waals surface area contributed by atoms with Crippen molar-refractivity contribution in [3.8, 4) is 11.3 Å². The lowest BCUT2D eigenvalue weighted by Gasteiger charge is -2.00. The molecule has 2 N–H and O–H groups in total. The molecule has 112 valence electrons. The van der Waals surface area contributed by atoms with Crippen LogP contribution in [-0.2, 0) is 0 Å². The van der Waals surface area contributed by atoms with Gasteiger partial charge in [0.1, 0.15) is 0 Å². The van der Waals surface area contributed by atoms with E-state index >= 15 is 0 Å². The van der Waals surface area contributed by atoms with Gasteiger partial charge in [-0.3, -0.25) is 0 Å². The first-order valence-electron chi connectivity index (χ1n) is 7.54. The lowest BCUT2D eigenvalue weighted by Crippen LogP contribution is -1.91. The largest absolute Gasteiger partial charge is 0.326 e. The lowest BCUT2D eigenvalue weighted by atomic mass is 10.1. The quantitative estimate of drug-likeness (QED) is 0.577. The van der Waals surface area contributed by atoms with Crippen molar-refractivity contribution >= 4 is 22.8 Å². The van der Waals surface area contributed by atoms with Crippen molar-refractivity contribution in [1.82, 2.24) is 15.0 Å². The summed E-state index contributed by atoms with van der Waals surface area (Å²) in [6.45, 7) is 2.08. The fourth-order valence-electron chi connectivity index (χ4n) is 2.50. The van der Waals surface area contributed by atoms with Gasteiger partial charge in [0.15, 0.2) is 5.65 Å². The van der Waals surface area contributed by atoms with Gasteiger partial charge >= 0.3 is 0 Å². The van der Waals surface area contributed by atoms with E-state index in [2.05, 4.69) is 51.5 Å². The van der Waals surface area contributed by atoms with E-state index < -0.39 is 0 Å². The number of nitrogens with one attached hydrogen (secondary N) is 2. The maximum atomic E-state index is 4.66. The summed E-state index contributed by atoms with van der Waals surface area (Å²) >= 11 is 0. The van der Waals surface area contributed by atoms with E-state index in [1.165, 1.54) is 5.56 Å². The Morgan fingerprint density at radius 3 is 2.39 bits per heavy atom. The first kappa shape index (κ1) is 13.5. The predicted molar refractivity (Wildman–Crippen MR) is 93.8 cm³/mol. The van der Waals surface area contributed by atoms with Crippen LogP contribution in [0.4, 0.5) is 11.6 Å². The molecule has 4 heteroatoms. The minimum absolute atomic E-state index is 0.694. The van der Waals surface area contributed by atoms with E-state index in [0.29, 0.717) is 11.6 Å². The molecular weight excluding hydrogens is 284 g/mol. The Kier molecular flexibility index (Phi) is 3.27. The summed E-state index contributed by atoms with van der Waals surface area (Å²) < 4.78 is 0. The number of fused-ring (bicyclic) bond motifs is 1. The van der Waals surface area contributed by atoms with E-state index in [9.17, 15) is 0 Å². The summed E-state index contributed by atoms with van der Waals surface area (Å²) in [5, 5.41) is 3.25. The zero-order valence-corrected chi connectivity index (χ0v) is 12.7. The number of aryl methyl sites for hydroxylation is 1. The van der Waals surface area contributed by atoms with Gasteiger partial charge in [-0.25, -0.2) is 4.98 Å². The number of pyridine rings is 1. The second kappa shape index (κ2) is 5.57. The fraction of sp³-hybridized carbons (Fsp3) is 0.0526. The Hall–Kier alpha value is -3.14. The minimum Gasteiger partial charge on any atom is -0.326 e. The molecule has 23 heavy (non-hydrogen) atoms. The number of rotatable bonds is 3. The molecule has 0 atom stereocenters. The smallest absolute Gasteiger partial charge is 0.207 e. The third-order valence-corrected chi connectivity index (χ3v) is 3.73. The highest BCUT2D eigenvalue weighted by atomic mass is 15.1. The summed E-state index contributed by atoms with van der Waals surface area (Å²) in [4.78, 5) is 12.4. The average Bonchev–Trinajstić information content (AvgIpc) is 2.98. The van der Waals surface area contributed by atoms with Crippen molar-refractivity contribution < 1.29 is 0 Å². The van der Waals surface area contributed by atoms with E-state index in [0.717, 1.165) is 22.5 Å². The van der Waals surface area contributed by atoms with Crippen LogP contribution in [0.15, 0.2) is 66.7 Å². The standard InChI is InChI=1S/C19H16N4/c1-13-7-9-14(10-8-13)16-11-12-17-18(21-16)23-19(22-17)20-15-5-3-2-4-6-15/h2-12H,1H3,(H2,20,21,22,23). The van der Waals surface area contributed by atoms with Crippen LogP contribution in [-0.4, -0.2) is 15.0 Å². The molecule has 0 unspecified atom stereocenters. The topological polar surface area (TPSA) is 53.6 Å². The van der Waals surface area contributed by atoms with Gasteiger partial charge in [0.25, 0.3) is 0 Å². The van der Waals surface area contributed by atoms with Gasteiger partial charge in [-0.15, -0.1) is 0 Å². The van der Waals surface area contributed by atoms with Crippen LogP contribution in [0.2, 0.25) is 0 Å². The minimum atomic E-state index is 0.694. The number of para-hydroxylation sites is 1. The Balaban J connectivity index is 1.68. The van der Waals surface area contributed by atoms with E-state index in [-0.39, 0.29) is 0 Å². The van der Waals surface area contributed by atoms with E-state index in [1.54, 1.807) is 0 Å². The molecule has 4 nitrogen and oxygen atoms in total. The number of anilines is 2. The van der Waals surface area contributed by atoms with Gasteiger partial charge in [0, 0.05) is 11.3 Å². The number of hydrogen-bond acceptors (Lipinski definition) is 3. The van der Waals surface area contributed by atoms with Crippen LogP contribution in [0.1, 0.15) is 5.56 Å². The summed E-state index contributed by atoms with van der Waals surface area (Å²) in [6.07, 6.45) is 0. The van der Waals surface area contributed by atoms with Gasteiger partial charge in [-0.2, -0.15) is 4.98 Å². The van der Waals surface area contributed by atoms with Gasteiger partial charge in [-0.1, -0.05) is 48.0 Å².